The molecular formula is C12H19N3O2. The summed E-state index contributed by atoms with van der Waals surface area (Å²) in [6.45, 7) is 3.93. The van der Waals surface area contributed by atoms with Crippen LogP contribution in [0.3, 0.4) is 0 Å². The molecule has 3 N–H and O–H groups in total. The highest BCUT2D eigenvalue weighted by Crippen LogP contribution is 2.21. The molecule has 0 bridgehead atoms. The molecule has 0 radical (unpaired) electrons. The van der Waals surface area contributed by atoms with Crippen molar-refractivity contribution in [2.45, 2.75) is 25.6 Å². The SMILES string of the molecule is CC1COC(CO)CN1c1ccnc(CN)c1. The zero-order valence-electron chi connectivity index (χ0n) is 10.0. The lowest BCUT2D eigenvalue weighted by Gasteiger charge is -2.39. The number of aromatic nitrogens is 1. The van der Waals surface area contributed by atoms with Crippen LogP contribution in [0.15, 0.2) is 18.3 Å². The summed E-state index contributed by atoms with van der Waals surface area (Å²) in [6, 6.07) is 4.26. The van der Waals surface area contributed by atoms with E-state index in [0.717, 1.165) is 11.4 Å². The zero-order valence-corrected chi connectivity index (χ0v) is 10.0. The number of morpholine rings is 1. The van der Waals surface area contributed by atoms with Gasteiger partial charge in [-0.1, -0.05) is 0 Å². The van der Waals surface area contributed by atoms with Crippen molar-refractivity contribution in [2.24, 2.45) is 5.73 Å². The minimum Gasteiger partial charge on any atom is -0.394 e. The topological polar surface area (TPSA) is 71.6 Å². The first kappa shape index (κ1) is 12.3. The van der Waals surface area contributed by atoms with Gasteiger partial charge in [0, 0.05) is 31.0 Å². The van der Waals surface area contributed by atoms with Crippen molar-refractivity contribution in [3.05, 3.63) is 24.0 Å². The largest absolute Gasteiger partial charge is 0.394 e. The van der Waals surface area contributed by atoms with Gasteiger partial charge in [-0.05, 0) is 19.1 Å². The molecule has 1 aromatic heterocycles. The number of rotatable bonds is 3. The van der Waals surface area contributed by atoms with Crippen LogP contribution < -0.4 is 10.6 Å². The van der Waals surface area contributed by atoms with Gasteiger partial charge >= 0.3 is 0 Å². The lowest BCUT2D eigenvalue weighted by Crippen LogP contribution is -2.49. The van der Waals surface area contributed by atoms with Crippen LogP contribution in [-0.2, 0) is 11.3 Å². The van der Waals surface area contributed by atoms with Gasteiger partial charge < -0.3 is 20.5 Å². The van der Waals surface area contributed by atoms with E-state index in [1.165, 1.54) is 0 Å². The number of aliphatic hydroxyl groups is 1. The number of anilines is 1. The molecule has 0 aliphatic carbocycles. The molecule has 5 nitrogen and oxygen atoms in total. The highest BCUT2D eigenvalue weighted by atomic mass is 16.5. The summed E-state index contributed by atoms with van der Waals surface area (Å²) in [5, 5.41) is 9.16. The van der Waals surface area contributed by atoms with Crippen molar-refractivity contribution < 1.29 is 9.84 Å². The number of hydrogen-bond acceptors (Lipinski definition) is 5. The number of ether oxygens (including phenoxy) is 1. The molecule has 1 aromatic rings. The minimum absolute atomic E-state index is 0.0536. The van der Waals surface area contributed by atoms with Crippen LogP contribution in [0.25, 0.3) is 0 Å². The normalized spacial score (nSPS) is 25.0. The molecule has 1 fully saturated rings. The van der Waals surface area contributed by atoms with Crippen LogP contribution in [-0.4, -0.2) is 42.0 Å². The Labute approximate surface area is 101 Å². The van der Waals surface area contributed by atoms with Gasteiger partial charge in [-0.3, -0.25) is 4.98 Å². The van der Waals surface area contributed by atoms with Crippen molar-refractivity contribution in [1.82, 2.24) is 4.98 Å². The maximum absolute atomic E-state index is 9.16. The molecule has 5 heteroatoms. The minimum atomic E-state index is -0.110. The number of aliphatic hydroxyl groups excluding tert-OH is 1. The second-order valence-corrected chi connectivity index (χ2v) is 4.35. The molecule has 0 spiro atoms. The van der Waals surface area contributed by atoms with E-state index in [-0.39, 0.29) is 12.7 Å². The van der Waals surface area contributed by atoms with Gasteiger partial charge in [-0.2, -0.15) is 0 Å². The monoisotopic (exact) mass is 237 g/mol. The molecule has 94 valence electrons. The fourth-order valence-corrected chi connectivity index (χ4v) is 2.04. The standard InChI is InChI=1S/C12H19N3O2/c1-9-8-17-12(7-16)6-15(9)11-2-3-14-10(4-11)5-13/h2-4,9,12,16H,5-8,13H2,1H3. The van der Waals surface area contributed by atoms with Gasteiger partial charge in [-0.15, -0.1) is 0 Å². The van der Waals surface area contributed by atoms with E-state index in [0.29, 0.717) is 25.7 Å². The van der Waals surface area contributed by atoms with Gasteiger partial charge in [0.05, 0.1) is 25.0 Å². The summed E-state index contributed by atoms with van der Waals surface area (Å²) in [4.78, 5) is 6.41. The molecule has 2 rings (SSSR count). The Morgan fingerprint density at radius 3 is 3.18 bits per heavy atom. The predicted molar refractivity (Wildman–Crippen MR) is 65.8 cm³/mol. The van der Waals surface area contributed by atoms with E-state index in [1.54, 1.807) is 6.20 Å². The Balaban J connectivity index is 2.18. The van der Waals surface area contributed by atoms with Gasteiger partial charge in [0.15, 0.2) is 0 Å². The maximum Gasteiger partial charge on any atom is 0.0981 e. The maximum atomic E-state index is 9.16. The van der Waals surface area contributed by atoms with Crippen LogP contribution in [0, 0.1) is 0 Å². The fraction of sp³-hybridized carbons (Fsp3) is 0.583. The van der Waals surface area contributed by atoms with E-state index in [2.05, 4.69) is 16.8 Å². The number of hydrogen-bond donors (Lipinski definition) is 2. The van der Waals surface area contributed by atoms with Crippen molar-refractivity contribution in [3.8, 4) is 0 Å². The van der Waals surface area contributed by atoms with Gasteiger partial charge in [0.25, 0.3) is 0 Å². The lowest BCUT2D eigenvalue weighted by atomic mass is 10.1. The summed E-state index contributed by atoms with van der Waals surface area (Å²) in [5.41, 5.74) is 7.56. The molecule has 2 unspecified atom stereocenters. The summed E-state index contributed by atoms with van der Waals surface area (Å²) in [5.74, 6) is 0. The summed E-state index contributed by atoms with van der Waals surface area (Å²) in [7, 11) is 0. The number of nitrogens with zero attached hydrogens (tertiary/aromatic N) is 2. The molecule has 0 saturated carbocycles. The third-order valence-corrected chi connectivity index (χ3v) is 3.05. The first-order valence-corrected chi connectivity index (χ1v) is 5.88. The molecular weight excluding hydrogens is 218 g/mol. The van der Waals surface area contributed by atoms with E-state index >= 15 is 0 Å². The van der Waals surface area contributed by atoms with Gasteiger partial charge in [0.2, 0.25) is 0 Å². The number of nitrogens with two attached hydrogens (primary N) is 1. The van der Waals surface area contributed by atoms with Crippen LogP contribution in [0.2, 0.25) is 0 Å². The average Bonchev–Trinajstić information content (AvgIpc) is 2.39. The molecule has 0 aromatic carbocycles. The lowest BCUT2D eigenvalue weighted by molar-refractivity contribution is -0.0103. The predicted octanol–water partition coefficient (Wildman–Crippen LogP) is 0.126. The van der Waals surface area contributed by atoms with Crippen LogP contribution in [0.4, 0.5) is 5.69 Å². The van der Waals surface area contributed by atoms with Crippen molar-refractivity contribution in [1.29, 1.82) is 0 Å². The second-order valence-electron chi connectivity index (χ2n) is 4.35. The van der Waals surface area contributed by atoms with Gasteiger partial charge in [-0.25, -0.2) is 0 Å². The Morgan fingerprint density at radius 1 is 1.65 bits per heavy atom. The molecule has 17 heavy (non-hydrogen) atoms. The Hall–Kier alpha value is -1.17. The summed E-state index contributed by atoms with van der Waals surface area (Å²) < 4.78 is 5.52. The Morgan fingerprint density at radius 2 is 2.47 bits per heavy atom. The fourth-order valence-electron chi connectivity index (χ4n) is 2.04. The van der Waals surface area contributed by atoms with E-state index in [4.69, 9.17) is 15.6 Å². The van der Waals surface area contributed by atoms with E-state index in [1.807, 2.05) is 12.1 Å². The third-order valence-electron chi connectivity index (χ3n) is 3.05. The Bertz CT molecular complexity index is 373. The second kappa shape index (κ2) is 5.44. The van der Waals surface area contributed by atoms with Gasteiger partial charge in [0.1, 0.15) is 0 Å². The van der Waals surface area contributed by atoms with Crippen molar-refractivity contribution in [2.75, 3.05) is 24.7 Å². The summed E-state index contributed by atoms with van der Waals surface area (Å²) >= 11 is 0. The van der Waals surface area contributed by atoms with Crippen molar-refractivity contribution >= 4 is 5.69 Å². The number of pyridine rings is 1. The average molecular weight is 237 g/mol. The first-order valence-electron chi connectivity index (χ1n) is 5.88. The van der Waals surface area contributed by atoms with Crippen molar-refractivity contribution in [3.63, 3.8) is 0 Å². The summed E-state index contributed by atoms with van der Waals surface area (Å²) in [6.07, 6.45) is 1.66. The molecule has 2 heterocycles. The van der Waals surface area contributed by atoms with E-state index < -0.39 is 0 Å². The van der Waals surface area contributed by atoms with Crippen LogP contribution >= 0.6 is 0 Å². The van der Waals surface area contributed by atoms with Crippen LogP contribution in [0.1, 0.15) is 12.6 Å². The third kappa shape index (κ3) is 2.74. The van der Waals surface area contributed by atoms with Crippen LogP contribution in [0.5, 0.6) is 0 Å². The molecule has 1 aliphatic heterocycles. The highest BCUT2D eigenvalue weighted by molar-refractivity contribution is 5.48. The smallest absolute Gasteiger partial charge is 0.0981 e. The zero-order chi connectivity index (χ0) is 12.3. The molecule has 0 amide bonds. The first-order chi connectivity index (χ1) is 8.24. The highest BCUT2D eigenvalue weighted by Gasteiger charge is 2.25. The molecule has 2 atom stereocenters. The molecule has 1 aliphatic rings. The Kier molecular flexibility index (Phi) is 3.93. The van der Waals surface area contributed by atoms with E-state index in [9.17, 15) is 0 Å². The molecule has 1 saturated heterocycles. The quantitative estimate of drug-likeness (QED) is 0.781.